The van der Waals surface area contributed by atoms with Crippen molar-refractivity contribution in [3.63, 3.8) is 0 Å². The fraction of sp³-hybridized carbons (Fsp3) is 0.583. The summed E-state index contributed by atoms with van der Waals surface area (Å²) < 4.78 is 12.7. The zero-order chi connectivity index (χ0) is 14.2. The van der Waals surface area contributed by atoms with Crippen molar-refractivity contribution in [1.29, 1.82) is 0 Å². The zero-order valence-corrected chi connectivity index (χ0v) is 12.0. The molecular formula is C12H15ClN4O3. The molecule has 0 spiro atoms. The Bertz CT molecular complexity index is 616. The largest absolute Gasteiger partial charge is 0.408 e. The molecule has 0 amide bonds. The van der Waals surface area contributed by atoms with Crippen LogP contribution in [0, 0.1) is 0 Å². The minimum atomic E-state index is -0.575. The average molecular weight is 299 g/mol. The van der Waals surface area contributed by atoms with Crippen molar-refractivity contribution in [2.24, 2.45) is 0 Å². The van der Waals surface area contributed by atoms with Crippen LogP contribution < -0.4 is 4.84 Å². The van der Waals surface area contributed by atoms with Crippen molar-refractivity contribution >= 4 is 22.8 Å². The van der Waals surface area contributed by atoms with E-state index in [0.717, 1.165) is 6.42 Å². The van der Waals surface area contributed by atoms with E-state index in [1.54, 1.807) is 12.5 Å². The van der Waals surface area contributed by atoms with E-state index in [1.807, 2.05) is 13.8 Å². The van der Waals surface area contributed by atoms with Crippen LogP contribution in [0.1, 0.15) is 20.3 Å². The summed E-state index contributed by atoms with van der Waals surface area (Å²) in [6, 6.07) is 0. The molecule has 1 atom stereocenters. The first-order chi connectivity index (χ1) is 9.53. The maximum atomic E-state index is 5.77. The number of hydrogen-bond donors (Lipinski definition) is 0. The summed E-state index contributed by atoms with van der Waals surface area (Å²) in [5.41, 5.74) is 1.17. The maximum Gasteiger partial charge on any atom is 0.224 e. The molecule has 1 fully saturated rings. The second-order valence-electron chi connectivity index (χ2n) is 4.99. The molecule has 20 heavy (non-hydrogen) atoms. The Labute approximate surface area is 120 Å². The summed E-state index contributed by atoms with van der Waals surface area (Å²) in [5.74, 6) is -0.575. The molecule has 7 nitrogen and oxygen atoms in total. The van der Waals surface area contributed by atoms with Gasteiger partial charge in [0.25, 0.3) is 0 Å². The predicted molar refractivity (Wildman–Crippen MR) is 71.3 cm³/mol. The van der Waals surface area contributed by atoms with Crippen LogP contribution in [0.25, 0.3) is 11.2 Å². The van der Waals surface area contributed by atoms with E-state index in [-0.39, 0.29) is 11.4 Å². The SMILES string of the molecule is CC1(C)OCCC(COn2cnc3cnc(Cl)nc32)O1. The molecule has 8 heteroatoms. The molecule has 2 aromatic rings. The topological polar surface area (TPSA) is 71.3 Å². The summed E-state index contributed by atoms with van der Waals surface area (Å²) in [4.78, 5) is 17.8. The van der Waals surface area contributed by atoms with Gasteiger partial charge in [-0.25, -0.2) is 9.97 Å². The Kier molecular flexibility index (Phi) is 3.49. The van der Waals surface area contributed by atoms with E-state index < -0.39 is 5.79 Å². The van der Waals surface area contributed by atoms with Crippen LogP contribution in [0.2, 0.25) is 5.28 Å². The second-order valence-corrected chi connectivity index (χ2v) is 5.33. The fourth-order valence-corrected chi connectivity index (χ4v) is 2.20. The van der Waals surface area contributed by atoms with Crippen LogP contribution in [0.15, 0.2) is 12.5 Å². The molecule has 0 saturated carbocycles. The lowest BCUT2D eigenvalue weighted by Crippen LogP contribution is -2.43. The van der Waals surface area contributed by atoms with Crippen LogP contribution in [0.4, 0.5) is 0 Å². The number of ether oxygens (including phenoxy) is 2. The number of rotatable bonds is 3. The first-order valence-corrected chi connectivity index (χ1v) is 6.72. The first kappa shape index (κ1) is 13.5. The quantitative estimate of drug-likeness (QED) is 0.799. The average Bonchev–Trinajstić information content (AvgIpc) is 2.77. The van der Waals surface area contributed by atoms with Gasteiger partial charge >= 0.3 is 0 Å². The number of nitrogens with zero attached hydrogens (tertiary/aromatic N) is 4. The van der Waals surface area contributed by atoms with Gasteiger partial charge < -0.3 is 14.3 Å². The number of aromatic nitrogens is 4. The van der Waals surface area contributed by atoms with E-state index in [0.29, 0.717) is 24.4 Å². The fourth-order valence-electron chi connectivity index (χ4n) is 2.07. The van der Waals surface area contributed by atoms with Gasteiger partial charge in [-0.05, 0) is 25.4 Å². The molecule has 0 bridgehead atoms. The summed E-state index contributed by atoms with van der Waals surface area (Å²) in [7, 11) is 0. The first-order valence-electron chi connectivity index (χ1n) is 6.34. The van der Waals surface area contributed by atoms with Crippen molar-refractivity contribution in [3.8, 4) is 0 Å². The Morgan fingerprint density at radius 2 is 2.35 bits per heavy atom. The van der Waals surface area contributed by atoms with E-state index in [4.69, 9.17) is 25.9 Å². The van der Waals surface area contributed by atoms with Crippen LogP contribution >= 0.6 is 11.6 Å². The van der Waals surface area contributed by atoms with Gasteiger partial charge in [-0.15, -0.1) is 0 Å². The monoisotopic (exact) mass is 298 g/mol. The Hall–Kier alpha value is -1.44. The molecule has 0 radical (unpaired) electrons. The highest BCUT2D eigenvalue weighted by molar-refractivity contribution is 6.28. The number of imidazole rings is 1. The maximum absolute atomic E-state index is 5.77. The lowest BCUT2D eigenvalue weighted by Gasteiger charge is -2.35. The Morgan fingerprint density at radius 3 is 3.15 bits per heavy atom. The molecule has 108 valence electrons. The molecule has 1 aliphatic rings. The Morgan fingerprint density at radius 1 is 1.50 bits per heavy atom. The molecular weight excluding hydrogens is 284 g/mol. The summed E-state index contributed by atoms with van der Waals surface area (Å²) in [6.07, 6.45) is 3.85. The van der Waals surface area contributed by atoms with Crippen molar-refractivity contribution in [3.05, 3.63) is 17.8 Å². The van der Waals surface area contributed by atoms with Gasteiger partial charge in [0.15, 0.2) is 11.4 Å². The van der Waals surface area contributed by atoms with Crippen molar-refractivity contribution in [2.75, 3.05) is 13.2 Å². The normalized spacial score (nSPS) is 22.1. The lowest BCUT2D eigenvalue weighted by atomic mass is 10.2. The molecule has 0 aromatic carbocycles. The smallest absolute Gasteiger partial charge is 0.224 e. The van der Waals surface area contributed by atoms with Crippen molar-refractivity contribution in [2.45, 2.75) is 32.2 Å². The summed E-state index contributed by atoms with van der Waals surface area (Å²) >= 11 is 5.77. The van der Waals surface area contributed by atoms with Crippen LogP contribution in [-0.4, -0.2) is 44.8 Å². The van der Waals surface area contributed by atoms with Crippen molar-refractivity contribution < 1.29 is 14.3 Å². The highest BCUT2D eigenvalue weighted by atomic mass is 35.5. The van der Waals surface area contributed by atoms with Gasteiger partial charge in [0.2, 0.25) is 5.28 Å². The van der Waals surface area contributed by atoms with Gasteiger partial charge in [-0.3, -0.25) is 0 Å². The highest BCUT2D eigenvalue weighted by Crippen LogP contribution is 2.21. The third kappa shape index (κ3) is 2.84. The number of fused-ring (bicyclic) bond motifs is 1. The minimum Gasteiger partial charge on any atom is -0.408 e. The van der Waals surface area contributed by atoms with Crippen molar-refractivity contribution in [1.82, 2.24) is 19.7 Å². The summed E-state index contributed by atoms with van der Waals surface area (Å²) in [5, 5.41) is 0.159. The molecule has 1 saturated heterocycles. The Balaban J connectivity index is 1.69. The van der Waals surface area contributed by atoms with Gasteiger partial charge in [0.05, 0.1) is 18.9 Å². The molecule has 3 heterocycles. The summed E-state index contributed by atoms with van der Waals surface area (Å²) in [6.45, 7) is 4.82. The number of hydrogen-bond acceptors (Lipinski definition) is 6. The predicted octanol–water partition coefficient (Wildman–Crippen LogP) is 1.45. The third-order valence-corrected chi connectivity index (χ3v) is 3.15. The lowest BCUT2D eigenvalue weighted by molar-refractivity contribution is -0.279. The molecule has 3 rings (SSSR count). The molecule has 0 N–H and O–H groups in total. The molecule has 1 unspecified atom stereocenters. The van der Waals surface area contributed by atoms with Gasteiger partial charge in [0, 0.05) is 6.42 Å². The van der Waals surface area contributed by atoms with E-state index in [1.165, 1.54) is 4.73 Å². The molecule has 2 aromatic heterocycles. The van der Waals surface area contributed by atoms with Crippen LogP contribution in [-0.2, 0) is 9.47 Å². The third-order valence-electron chi connectivity index (χ3n) is 2.97. The van der Waals surface area contributed by atoms with E-state index in [2.05, 4.69) is 15.0 Å². The standard InChI is InChI=1S/C12H15ClN4O3/c1-12(2)18-4-3-8(20-12)6-19-17-7-15-9-5-14-11(13)16-10(9)17/h5,7-8H,3-4,6H2,1-2H3. The molecule has 0 aliphatic carbocycles. The number of halogens is 1. The minimum absolute atomic E-state index is 0.0338. The zero-order valence-electron chi connectivity index (χ0n) is 11.2. The van der Waals surface area contributed by atoms with Crippen LogP contribution in [0.3, 0.4) is 0 Å². The van der Waals surface area contributed by atoms with Crippen LogP contribution in [0.5, 0.6) is 0 Å². The van der Waals surface area contributed by atoms with E-state index in [9.17, 15) is 0 Å². The van der Waals surface area contributed by atoms with Gasteiger partial charge in [-0.1, -0.05) is 0 Å². The van der Waals surface area contributed by atoms with Gasteiger partial charge in [-0.2, -0.15) is 9.71 Å². The highest BCUT2D eigenvalue weighted by Gasteiger charge is 2.29. The second kappa shape index (κ2) is 5.16. The van der Waals surface area contributed by atoms with E-state index >= 15 is 0 Å². The molecule has 1 aliphatic heterocycles. The van der Waals surface area contributed by atoms with Gasteiger partial charge in [0.1, 0.15) is 18.5 Å².